The molecule has 0 spiro atoms. The maximum atomic E-state index is 14.2. The van der Waals surface area contributed by atoms with Gasteiger partial charge in [-0.2, -0.15) is 0 Å². The first-order valence-corrected chi connectivity index (χ1v) is 11.2. The third-order valence-corrected chi connectivity index (χ3v) is 5.15. The molecule has 0 aliphatic rings. The second-order valence-corrected chi connectivity index (χ2v) is 8.35. The van der Waals surface area contributed by atoms with E-state index < -0.39 is 5.82 Å². The molecule has 0 fully saturated rings. The lowest BCUT2D eigenvalue weighted by molar-refractivity contribution is 0.301. The Morgan fingerprint density at radius 1 is 1.00 bits per heavy atom. The van der Waals surface area contributed by atoms with Crippen LogP contribution >= 0.6 is 0 Å². The first kappa shape index (κ1) is 24.5. The van der Waals surface area contributed by atoms with Gasteiger partial charge in [-0.1, -0.05) is 13.8 Å². The molecule has 0 saturated carbocycles. The topological polar surface area (TPSA) is 132 Å². The maximum Gasteiger partial charge on any atom is 0.151 e. The number of aryl methyl sites for hydroxylation is 1. The number of nitrogens with one attached hydrogen (secondary N) is 2. The number of nitrogen functional groups attached to an aromatic ring is 1. The number of nitrogens with zero attached hydrogens (tertiary/aromatic N) is 4. The normalized spacial score (nSPS) is 10.8. The van der Waals surface area contributed by atoms with Crippen molar-refractivity contribution in [2.24, 2.45) is 5.92 Å². The molecule has 36 heavy (non-hydrogen) atoms. The minimum atomic E-state index is -0.486. The van der Waals surface area contributed by atoms with E-state index in [0.29, 0.717) is 45.9 Å². The molecule has 0 unspecified atom stereocenters. The molecule has 0 saturated heterocycles. The highest BCUT2D eigenvalue weighted by atomic mass is 19.1. The van der Waals surface area contributed by atoms with E-state index >= 15 is 0 Å². The van der Waals surface area contributed by atoms with Crippen molar-refractivity contribution >= 4 is 22.9 Å². The van der Waals surface area contributed by atoms with Gasteiger partial charge in [0.15, 0.2) is 5.82 Å². The first-order valence-electron chi connectivity index (χ1n) is 11.2. The largest absolute Gasteiger partial charge is 0.489 e. The van der Waals surface area contributed by atoms with Crippen LogP contribution in [0, 0.1) is 24.1 Å². The van der Waals surface area contributed by atoms with Crippen LogP contribution in [0.5, 0.6) is 17.2 Å². The van der Waals surface area contributed by atoms with Crippen molar-refractivity contribution in [2.45, 2.75) is 27.4 Å². The fraction of sp³-hybridized carbons (Fsp3) is 0.192. The van der Waals surface area contributed by atoms with Crippen molar-refractivity contribution in [3.8, 4) is 17.2 Å². The molecular weight excluding hydrogens is 461 g/mol. The predicted molar refractivity (Wildman–Crippen MR) is 135 cm³/mol. The zero-order valence-electron chi connectivity index (χ0n) is 20.1. The van der Waals surface area contributed by atoms with Crippen molar-refractivity contribution in [1.29, 1.82) is 5.41 Å². The van der Waals surface area contributed by atoms with Crippen molar-refractivity contribution in [3.63, 3.8) is 0 Å². The van der Waals surface area contributed by atoms with E-state index in [4.69, 9.17) is 20.6 Å². The third-order valence-electron chi connectivity index (χ3n) is 5.15. The fourth-order valence-corrected chi connectivity index (χ4v) is 3.23. The molecule has 10 heteroatoms. The lowest BCUT2D eigenvalue weighted by atomic mass is 10.0. The van der Waals surface area contributed by atoms with Gasteiger partial charge in [0.05, 0.1) is 5.71 Å². The summed E-state index contributed by atoms with van der Waals surface area (Å²) in [5.74, 6) is 1.51. The molecule has 4 N–H and O–H groups in total. The smallest absolute Gasteiger partial charge is 0.151 e. The van der Waals surface area contributed by atoms with Crippen molar-refractivity contribution in [3.05, 3.63) is 84.1 Å². The molecule has 184 valence electrons. The number of rotatable bonds is 9. The molecule has 4 aromatic rings. The molecule has 0 bridgehead atoms. The molecule has 0 aliphatic carbocycles. The van der Waals surface area contributed by atoms with Gasteiger partial charge in [-0.3, -0.25) is 0 Å². The number of hydrogen-bond acceptors (Lipinski definition) is 9. The minimum Gasteiger partial charge on any atom is -0.489 e. The Kier molecular flexibility index (Phi) is 7.33. The van der Waals surface area contributed by atoms with Gasteiger partial charge in [-0.15, -0.1) is 0 Å². The van der Waals surface area contributed by atoms with E-state index in [0.717, 1.165) is 5.56 Å². The highest BCUT2D eigenvalue weighted by Crippen LogP contribution is 2.30. The number of nitrogens with two attached hydrogens (primary N) is 1. The molecule has 2 aromatic heterocycles. The van der Waals surface area contributed by atoms with Gasteiger partial charge in [-0.05, 0) is 37.1 Å². The number of halogens is 1. The van der Waals surface area contributed by atoms with Gasteiger partial charge in [0.1, 0.15) is 53.2 Å². The number of aromatic nitrogens is 4. The molecule has 0 aliphatic heterocycles. The summed E-state index contributed by atoms with van der Waals surface area (Å²) in [6, 6.07) is 11.2. The third kappa shape index (κ3) is 6.09. The van der Waals surface area contributed by atoms with Gasteiger partial charge in [0, 0.05) is 41.8 Å². The molecular formula is C26H26FN7O2. The molecule has 0 amide bonds. The van der Waals surface area contributed by atoms with Crippen LogP contribution in [0.2, 0.25) is 0 Å². The summed E-state index contributed by atoms with van der Waals surface area (Å²) in [4.78, 5) is 16.5. The summed E-state index contributed by atoms with van der Waals surface area (Å²) in [6.07, 6.45) is 4.67. The number of benzene rings is 2. The van der Waals surface area contributed by atoms with Gasteiger partial charge in [-0.25, -0.2) is 24.3 Å². The van der Waals surface area contributed by atoms with Crippen LogP contribution in [0.25, 0.3) is 0 Å². The average Bonchev–Trinajstić information content (AvgIpc) is 2.85. The van der Waals surface area contributed by atoms with Crippen LogP contribution in [0.15, 0.2) is 61.2 Å². The Bertz CT molecular complexity index is 1360. The summed E-state index contributed by atoms with van der Waals surface area (Å²) in [5, 5.41) is 11.5. The number of ether oxygens (including phenoxy) is 2. The van der Waals surface area contributed by atoms with Gasteiger partial charge in [0.25, 0.3) is 0 Å². The Labute approximate surface area is 208 Å². The quantitative estimate of drug-likeness (QED) is 0.266. The van der Waals surface area contributed by atoms with E-state index in [1.807, 2.05) is 13.8 Å². The second kappa shape index (κ2) is 10.8. The Morgan fingerprint density at radius 3 is 2.39 bits per heavy atom. The summed E-state index contributed by atoms with van der Waals surface area (Å²) >= 11 is 0. The molecule has 9 nitrogen and oxygen atoms in total. The first-order chi connectivity index (χ1) is 17.3. The minimum absolute atomic E-state index is 0.0269. The lowest BCUT2D eigenvalue weighted by Gasteiger charge is -2.15. The SMILES string of the molecule is Cc1ncc(COc2cc(F)cc(Oc3ccc(Nc4c(N)ncnc4C(=N)C(C)C)cc3)c2)cn1. The molecule has 2 aromatic carbocycles. The second-order valence-electron chi connectivity index (χ2n) is 8.35. The van der Waals surface area contributed by atoms with Gasteiger partial charge >= 0.3 is 0 Å². The monoisotopic (exact) mass is 487 g/mol. The Hall–Kier alpha value is -4.60. The van der Waals surface area contributed by atoms with E-state index in [2.05, 4.69) is 25.3 Å². The van der Waals surface area contributed by atoms with Crippen LogP contribution in [-0.2, 0) is 6.61 Å². The average molecular weight is 488 g/mol. The summed E-state index contributed by atoms with van der Waals surface area (Å²) < 4.78 is 25.7. The summed E-state index contributed by atoms with van der Waals surface area (Å²) in [5.41, 5.74) is 8.78. The summed E-state index contributed by atoms with van der Waals surface area (Å²) in [7, 11) is 0. The highest BCUT2D eigenvalue weighted by molar-refractivity contribution is 6.04. The predicted octanol–water partition coefficient (Wildman–Crippen LogP) is 5.44. The molecule has 0 atom stereocenters. The Morgan fingerprint density at radius 2 is 1.69 bits per heavy atom. The highest BCUT2D eigenvalue weighted by Gasteiger charge is 2.16. The van der Waals surface area contributed by atoms with Crippen LogP contribution in [0.4, 0.5) is 21.6 Å². The van der Waals surface area contributed by atoms with Crippen LogP contribution in [0.1, 0.15) is 30.9 Å². The van der Waals surface area contributed by atoms with Crippen molar-refractivity contribution < 1.29 is 13.9 Å². The molecule has 0 radical (unpaired) electrons. The van der Waals surface area contributed by atoms with Crippen molar-refractivity contribution in [2.75, 3.05) is 11.1 Å². The number of hydrogen-bond donors (Lipinski definition) is 3. The summed E-state index contributed by atoms with van der Waals surface area (Å²) in [6.45, 7) is 5.82. The van der Waals surface area contributed by atoms with Gasteiger partial charge < -0.3 is 25.9 Å². The number of anilines is 3. The van der Waals surface area contributed by atoms with Crippen LogP contribution in [0.3, 0.4) is 0 Å². The Balaban J connectivity index is 1.45. The van der Waals surface area contributed by atoms with E-state index in [1.165, 1.54) is 18.5 Å². The van der Waals surface area contributed by atoms with E-state index in [1.54, 1.807) is 49.6 Å². The zero-order valence-corrected chi connectivity index (χ0v) is 20.1. The van der Waals surface area contributed by atoms with E-state index in [-0.39, 0.29) is 18.3 Å². The van der Waals surface area contributed by atoms with Crippen LogP contribution in [-0.4, -0.2) is 25.6 Å². The lowest BCUT2D eigenvalue weighted by Crippen LogP contribution is -2.14. The van der Waals surface area contributed by atoms with Crippen molar-refractivity contribution in [1.82, 2.24) is 19.9 Å². The van der Waals surface area contributed by atoms with Crippen LogP contribution < -0.4 is 20.5 Å². The van der Waals surface area contributed by atoms with E-state index in [9.17, 15) is 4.39 Å². The fourth-order valence-electron chi connectivity index (χ4n) is 3.23. The zero-order chi connectivity index (χ0) is 25.7. The standard InChI is InChI=1S/C26H26FN7O2/c1-15(2)23(28)24-25(26(29)33-14-32-24)34-19-4-6-20(7-5-19)36-22-9-18(27)8-21(10-22)35-13-17-11-30-16(3)31-12-17/h4-12,14-15,28,34H,13H2,1-3H3,(H2,29,32,33). The maximum absolute atomic E-state index is 14.2. The van der Waals surface area contributed by atoms with Gasteiger partial charge in [0.2, 0.25) is 0 Å². The molecule has 4 rings (SSSR count). The molecule has 2 heterocycles.